The van der Waals surface area contributed by atoms with Gasteiger partial charge in [0.25, 0.3) is 0 Å². The first-order valence-corrected chi connectivity index (χ1v) is 11.3. The van der Waals surface area contributed by atoms with Crippen molar-refractivity contribution in [2.24, 2.45) is 0 Å². The molecule has 0 N–H and O–H groups in total. The van der Waals surface area contributed by atoms with Gasteiger partial charge in [0.05, 0.1) is 0 Å². The summed E-state index contributed by atoms with van der Waals surface area (Å²) in [5.41, 5.74) is 0. The molecule has 4 rings (SSSR count). The standard InChI is InChI=1S/C22H16Se2/c1-3-11-18(12-4-1)23-20-15-7-9-17-10-8-16-21(22(17)20)24-19-13-5-2-6-14-19/h1-16H. The second-order valence-corrected chi connectivity index (χ2v) is 10.1. The molecule has 0 spiro atoms. The average molecular weight is 438 g/mol. The van der Waals surface area contributed by atoms with E-state index in [1.165, 1.54) is 28.6 Å². The van der Waals surface area contributed by atoms with Gasteiger partial charge in [-0.25, -0.2) is 0 Å². The van der Waals surface area contributed by atoms with Gasteiger partial charge in [0.2, 0.25) is 0 Å². The number of rotatable bonds is 4. The molecule has 116 valence electrons. The van der Waals surface area contributed by atoms with Crippen LogP contribution in [0.4, 0.5) is 0 Å². The second-order valence-electron chi connectivity index (χ2n) is 5.44. The molecule has 0 unspecified atom stereocenters. The van der Waals surface area contributed by atoms with Gasteiger partial charge >= 0.3 is 156 Å². The van der Waals surface area contributed by atoms with Crippen LogP contribution in [0.5, 0.6) is 0 Å². The van der Waals surface area contributed by atoms with Crippen LogP contribution < -0.4 is 17.8 Å². The van der Waals surface area contributed by atoms with Gasteiger partial charge in [-0.05, 0) is 0 Å². The summed E-state index contributed by atoms with van der Waals surface area (Å²) in [6.07, 6.45) is 0. The molecule has 0 aliphatic heterocycles. The van der Waals surface area contributed by atoms with E-state index in [0.29, 0.717) is 29.9 Å². The van der Waals surface area contributed by atoms with Crippen molar-refractivity contribution in [3.8, 4) is 0 Å². The quantitative estimate of drug-likeness (QED) is 0.429. The Morgan fingerprint density at radius 2 is 0.875 bits per heavy atom. The summed E-state index contributed by atoms with van der Waals surface area (Å²) >= 11 is 0.674. The van der Waals surface area contributed by atoms with Crippen LogP contribution in [0.2, 0.25) is 0 Å². The van der Waals surface area contributed by atoms with Gasteiger partial charge in [0, 0.05) is 0 Å². The molecule has 0 heterocycles. The van der Waals surface area contributed by atoms with Crippen molar-refractivity contribution in [1.82, 2.24) is 0 Å². The molecule has 2 heteroatoms. The fourth-order valence-electron chi connectivity index (χ4n) is 2.67. The molecule has 0 saturated carbocycles. The van der Waals surface area contributed by atoms with Crippen molar-refractivity contribution in [1.29, 1.82) is 0 Å². The Kier molecular flexibility index (Phi) is 4.83. The van der Waals surface area contributed by atoms with Crippen LogP contribution in [-0.4, -0.2) is 29.9 Å². The van der Waals surface area contributed by atoms with Crippen LogP contribution >= 0.6 is 0 Å². The van der Waals surface area contributed by atoms with Crippen LogP contribution in [0.15, 0.2) is 97.1 Å². The van der Waals surface area contributed by atoms with E-state index >= 15 is 0 Å². The van der Waals surface area contributed by atoms with Crippen LogP contribution in [0.1, 0.15) is 0 Å². The number of hydrogen-bond donors (Lipinski definition) is 0. The third-order valence-corrected chi connectivity index (χ3v) is 8.25. The SMILES string of the molecule is c1ccc([Se]c2cccc3cccc([Se]c4ccccc4)c23)cc1. The monoisotopic (exact) mass is 440 g/mol. The third kappa shape index (κ3) is 3.48. The number of fused-ring (bicyclic) bond motifs is 1. The molecule has 4 aromatic rings. The van der Waals surface area contributed by atoms with E-state index in [1.807, 2.05) is 0 Å². The van der Waals surface area contributed by atoms with Crippen molar-refractivity contribution in [2.45, 2.75) is 0 Å². The van der Waals surface area contributed by atoms with Gasteiger partial charge in [-0.15, -0.1) is 0 Å². The molecule has 0 aromatic heterocycles. The van der Waals surface area contributed by atoms with Gasteiger partial charge in [-0.2, -0.15) is 0 Å². The molecule has 0 atom stereocenters. The van der Waals surface area contributed by atoms with Crippen molar-refractivity contribution in [2.75, 3.05) is 0 Å². The fraction of sp³-hybridized carbons (Fsp3) is 0. The first-order valence-electron chi connectivity index (χ1n) is 7.88. The minimum absolute atomic E-state index is 0.337. The third-order valence-electron chi connectivity index (χ3n) is 3.77. The molecule has 24 heavy (non-hydrogen) atoms. The van der Waals surface area contributed by atoms with E-state index < -0.39 is 0 Å². The zero-order valence-electron chi connectivity index (χ0n) is 13.1. The Balaban J connectivity index is 1.79. The first-order chi connectivity index (χ1) is 11.9. The summed E-state index contributed by atoms with van der Waals surface area (Å²) in [5.74, 6) is 0. The van der Waals surface area contributed by atoms with E-state index in [0.717, 1.165) is 0 Å². The Morgan fingerprint density at radius 3 is 1.33 bits per heavy atom. The van der Waals surface area contributed by atoms with E-state index in [1.54, 1.807) is 0 Å². The van der Waals surface area contributed by atoms with E-state index in [-0.39, 0.29) is 0 Å². The van der Waals surface area contributed by atoms with Gasteiger partial charge in [-0.1, -0.05) is 0 Å². The minimum atomic E-state index is 0.337. The molecule has 4 aromatic carbocycles. The first kappa shape index (κ1) is 15.7. The van der Waals surface area contributed by atoms with Crippen LogP contribution in [0.3, 0.4) is 0 Å². The predicted molar refractivity (Wildman–Crippen MR) is 107 cm³/mol. The molecule has 0 aliphatic rings. The molecule has 0 aliphatic carbocycles. The van der Waals surface area contributed by atoms with Gasteiger partial charge < -0.3 is 0 Å². The molecular weight excluding hydrogens is 422 g/mol. The summed E-state index contributed by atoms with van der Waals surface area (Å²) in [7, 11) is 0. The summed E-state index contributed by atoms with van der Waals surface area (Å²) in [4.78, 5) is 0. The summed E-state index contributed by atoms with van der Waals surface area (Å²) < 4.78 is 5.83. The number of benzene rings is 4. The number of hydrogen-bond acceptors (Lipinski definition) is 0. The van der Waals surface area contributed by atoms with E-state index in [4.69, 9.17) is 0 Å². The molecule has 0 amide bonds. The van der Waals surface area contributed by atoms with Crippen LogP contribution in [0.25, 0.3) is 10.8 Å². The molecule has 0 nitrogen and oxygen atoms in total. The Labute approximate surface area is 155 Å². The van der Waals surface area contributed by atoms with E-state index in [9.17, 15) is 0 Å². The zero-order valence-corrected chi connectivity index (χ0v) is 16.5. The van der Waals surface area contributed by atoms with Crippen molar-refractivity contribution in [3.05, 3.63) is 97.1 Å². The molecule has 0 saturated heterocycles. The topological polar surface area (TPSA) is 0 Å². The summed E-state index contributed by atoms with van der Waals surface area (Å²) in [6, 6.07) is 35.2. The second kappa shape index (κ2) is 7.38. The Bertz CT molecular complexity index is 871. The molecule has 0 fully saturated rings. The van der Waals surface area contributed by atoms with Crippen molar-refractivity contribution < 1.29 is 0 Å². The average Bonchev–Trinajstić information content (AvgIpc) is 2.64. The zero-order chi connectivity index (χ0) is 16.2. The maximum atomic E-state index is 2.31. The van der Waals surface area contributed by atoms with Crippen molar-refractivity contribution >= 4 is 58.5 Å². The Morgan fingerprint density at radius 1 is 0.417 bits per heavy atom. The van der Waals surface area contributed by atoms with Gasteiger partial charge in [0.1, 0.15) is 0 Å². The Hall–Kier alpha value is -1.82. The predicted octanol–water partition coefficient (Wildman–Crippen LogP) is 2.15. The maximum absolute atomic E-state index is 2.31. The van der Waals surface area contributed by atoms with Crippen LogP contribution in [-0.2, 0) is 0 Å². The fourth-order valence-corrected chi connectivity index (χ4v) is 7.30. The van der Waals surface area contributed by atoms with Crippen LogP contribution in [0, 0.1) is 0 Å². The summed E-state index contributed by atoms with van der Waals surface area (Å²) in [6.45, 7) is 0. The molecular formula is C22H16Se2. The summed E-state index contributed by atoms with van der Waals surface area (Å²) in [5, 5.41) is 2.83. The molecule has 0 bridgehead atoms. The van der Waals surface area contributed by atoms with E-state index in [2.05, 4.69) is 97.1 Å². The molecule has 0 radical (unpaired) electrons. The van der Waals surface area contributed by atoms with Gasteiger partial charge in [-0.3, -0.25) is 0 Å². The normalized spacial score (nSPS) is 10.8. The van der Waals surface area contributed by atoms with Gasteiger partial charge in [0.15, 0.2) is 0 Å². The van der Waals surface area contributed by atoms with Crippen molar-refractivity contribution in [3.63, 3.8) is 0 Å².